The molecule has 23 heavy (non-hydrogen) atoms. The third kappa shape index (κ3) is 1.15. The second-order valence-electron chi connectivity index (χ2n) is 6.72. The largest absolute Gasteiger partial charge is 0.550 e. The first-order chi connectivity index (χ1) is 11.1. The van der Waals surface area contributed by atoms with Crippen LogP contribution in [0.15, 0.2) is 48.5 Å². The lowest BCUT2D eigenvalue weighted by Gasteiger charge is -2.65. The molecule has 2 aromatic rings. The zero-order valence-corrected chi connectivity index (χ0v) is 12.1. The van der Waals surface area contributed by atoms with Crippen molar-refractivity contribution in [2.45, 2.75) is 17.3 Å². The molecule has 5 unspecified atom stereocenters. The molecule has 1 saturated carbocycles. The van der Waals surface area contributed by atoms with Crippen molar-refractivity contribution >= 4 is 11.9 Å². The molecule has 114 valence electrons. The Labute approximate surface area is 132 Å². The molecule has 0 amide bonds. The van der Waals surface area contributed by atoms with Crippen LogP contribution in [-0.2, 0) is 15.0 Å². The van der Waals surface area contributed by atoms with Crippen molar-refractivity contribution in [3.63, 3.8) is 0 Å². The van der Waals surface area contributed by atoms with Gasteiger partial charge in [-0.3, -0.25) is 4.79 Å². The third-order valence-corrected chi connectivity index (χ3v) is 6.14. The van der Waals surface area contributed by atoms with Gasteiger partial charge < -0.3 is 15.0 Å². The van der Waals surface area contributed by atoms with Gasteiger partial charge in [-0.2, -0.15) is 0 Å². The average molecular weight is 305 g/mol. The zero-order chi connectivity index (χ0) is 15.9. The van der Waals surface area contributed by atoms with E-state index in [0.717, 1.165) is 22.3 Å². The van der Waals surface area contributed by atoms with E-state index < -0.39 is 29.2 Å². The fraction of sp³-hybridized carbons (Fsp3) is 0.263. The van der Waals surface area contributed by atoms with Crippen molar-refractivity contribution in [3.8, 4) is 0 Å². The van der Waals surface area contributed by atoms with Gasteiger partial charge in [-0.25, -0.2) is 0 Å². The molecule has 0 saturated heterocycles. The monoisotopic (exact) mass is 305 g/mol. The summed E-state index contributed by atoms with van der Waals surface area (Å²) in [5.41, 5.74) is 3.56. The fourth-order valence-electron chi connectivity index (χ4n) is 5.60. The van der Waals surface area contributed by atoms with E-state index in [1.54, 1.807) is 0 Å². The predicted octanol–water partition coefficient (Wildman–Crippen LogP) is 1.25. The van der Waals surface area contributed by atoms with Crippen LogP contribution in [0.3, 0.4) is 0 Å². The number of benzene rings is 2. The predicted molar refractivity (Wildman–Crippen MR) is 78.8 cm³/mol. The number of carbonyl (C=O) groups is 2. The van der Waals surface area contributed by atoms with Crippen LogP contribution in [0.4, 0.5) is 0 Å². The number of carboxylic acids is 2. The van der Waals surface area contributed by atoms with Crippen molar-refractivity contribution in [1.82, 2.24) is 0 Å². The summed E-state index contributed by atoms with van der Waals surface area (Å²) in [6.07, 6.45) is 0. The summed E-state index contributed by atoms with van der Waals surface area (Å²) in [5, 5.41) is 21.4. The van der Waals surface area contributed by atoms with E-state index in [1.807, 2.05) is 48.5 Å². The molecule has 0 aromatic heterocycles. The number of fused-ring (bicyclic) bond motifs is 5. The number of hydrogen-bond acceptors (Lipinski definition) is 3. The lowest BCUT2D eigenvalue weighted by molar-refractivity contribution is -0.321. The van der Waals surface area contributed by atoms with Crippen molar-refractivity contribution < 1.29 is 19.8 Å². The molecule has 5 atom stereocenters. The van der Waals surface area contributed by atoms with E-state index in [4.69, 9.17) is 0 Å². The summed E-state index contributed by atoms with van der Waals surface area (Å²) in [6.45, 7) is 0. The molecule has 1 N–H and O–H groups in total. The molecule has 4 heteroatoms. The first kappa shape index (κ1) is 12.9. The number of carbonyl (C=O) groups excluding carboxylic acids is 1. The summed E-state index contributed by atoms with van der Waals surface area (Å²) >= 11 is 0. The Morgan fingerprint density at radius 1 is 0.957 bits per heavy atom. The van der Waals surface area contributed by atoms with Gasteiger partial charge in [0.1, 0.15) is 0 Å². The smallest absolute Gasteiger partial charge is 0.308 e. The Bertz CT molecular complexity index is 880. The minimum atomic E-state index is -1.26. The van der Waals surface area contributed by atoms with Crippen LogP contribution in [-0.4, -0.2) is 17.0 Å². The van der Waals surface area contributed by atoms with E-state index in [9.17, 15) is 19.8 Å². The highest BCUT2D eigenvalue weighted by atomic mass is 16.4. The van der Waals surface area contributed by atoms with Gasteiger partial charge in [0.2, 0.25) is 0 Å². The maximum atomic E-state index is 11.9. The van der Waals surface area contributed by atoms with E-state index in [2.05, 4.69) is 0 Å². The van der Waals surface area contributed by atoms with Crippen LogP contribution in [0.1, 0.15) is 34.1 Å². The molecule has 0 heterocycles. The van der Waals surface area contributed by atoms with E-state index >= 15 is 0 Å². The lowest BCUT2D eigenvalue weighted by Crippen LogP contribution is -2.69. The number of carboxylic acid groups (broad SMARTS) is 2. The maximum absolute atomic E-state index is 11.9. The normalized spacial score (nSPS) is 35.0. The van der Waals surface area contributed by atoms with Crippen LogP contribution in [0, 0.1) is 11.8 Å². The molecule has 3 aliphatic rings. The first-order valence-corrected chi connectivity index (χ1v) is 7.72. The van der Waals surface area contributed by atoms with Crippen molar-refractivity contribution in [2.24, 2.45) is 11.8 Å². The van der Waals surface area contributed by atoms with E-state index in [0.29, 0.717) is 0 Å². The molecule has 3 aliphatic carbocycles. The van der Waals surface area contributed by atoms with Crippen LogP contribution in [0.5, 0.6) is 0 Å². The van der Waals surface area contributed by atoms with Gasteiger partial charge >= 0.3 is 5.97 Å². The minimum absolute atomic E-state index is 0.0170. The molecular formula is C19H13O4-. The molecule has 5 rings (SSSR count). The summed E-state index contributed by atoms with van der Waals surface area (Å²) in [6, 6.07) is 15.6. The molecule has 0 aliphatic heterocycles. The fourth-order valence-corrected chi connectivity index (χ4v) is 5.60. The summed E-state index contributed by atoms with van der Waals surface area (Å²) in [4.78, 5) is 23.6. The van der Waals surface area contributed by atoms with E-state index in [1.165, 1.54) is 0 Å². The lowest BCUT2D eigenvalue weighted by atomic mass is 9.36. The van der Waals surface area contributed by atoms with Gasteiger partial charge in [0.25, 0.3) is 0 Å². The van der Waals surface area contributed by atoms with Crippen LogP contribution >= 0.6 is 0 Å². The Morgan fingerprint density at radius 2 is 1.57 bits per heavy atom. The van der Waals surface area contributed by atoms with E-state index in [-0.39, 0.29) is 11.8 Å². The Morgan fingerprint density at radius 3 is 2.22 bits per heavy atom. The molecule has 1 spiro atoms. The number of rotatable bonds is 2. The maximum Gasteiger partial charge on any atom is 0.308 e. The molecule has 0 radical (unpaired) electrons. The molecule has 2 aromatic carbocycles. The zero-order valence-electron chi connectivity index (χ0n) is 12.1. The molecule has 4 nitrogen and oxygen atoms in total. The Hall–Kier alpha value is -2.62. The third-order valence-electron chi connectivity index (χ3n) is 6.14. The number of aliphatic carboxylic acids is 2. The molecule has 1 fully saturated rings. The highest BCUT2D eigenvalue weighted by molar-refractivity contribution is 5.90. The highest BCUT2D eigenvalue weighted by Gasteiger charge is 2.77. The van der Waals surface area contributed by atoms with Gasteiger partial charge in [0.15, 0.2) is 0 Å². The summed E-state index contributed by atoms with van der Waals surface area (Å²) in [7, 11) is 0. The highest BCUT2D eigenvalue weighted by Crippen LogP contribution is 2.79. The SMILES string of the molecule is O=C([O-])C1C(C(=O)O)C23c4ccccc4C2c2ccccc2C13. The van der Waals surface area contributed by atoms with Gasteiger partial charge in [-0.05, 0) is 22.3 Å². The minimum Gasteiger partial charge on any atom is -0.550 e. The Kier molecular flexibility index (Phi) is 2.14. The summed E-state index contributed by atoms with van der Waals surface area (Å²) < 4.78 is 0. The van der Waals surface area contributed by atoms with Gasteiger partial charge in [-0.15, -0.1) is 0 Å². The van der Waals surface area contributed by atoms with Crippen molar-refractivity contribution in [1.29, 1.82) is 0 Å². The van der Waals surface area contributed by atoms with Crippen LogP contribution in [0.2, 0.25) is 0 Å². The van der Waals surface area contributed by atoms with Gasteiger partial charge in [0.05, 0.1) is 5.92 Å². The van der Waals surface area contributed by atoms with Crippen LogP contribution < -0.4 is 5.11 Å². The standard InChI is InChI=1S/C19H14O4/c20-17(21)13-15-10-6-2-1-5-9(10)14-11-7-3-4-8-12(11)19(14,15)16(13)18(22)23/h1-8,13-16H,(H,20,21)(H,22,23)/p-1. The Balaban J connectivity index is 1.82. The quantitative estimate of drug-likeness (QED) is 0.906. The second kappa shape index (κ2) is 3.82. The summed E-state index contributed by atoms with van der Waals surface area (Å²) in [5.74, 6) is -4.51. The number of hydrogen-bond donors (Lipinski definition) is 1. The van der Waals surface area contributed by atoms with Gasteiger partial charge in [-0.1, -0.05) is 48.5 Å². The van der Waals surface area contributed by atoms with Crippen molar-refractivity contribution in [2.75, 3.05) is 0 Å². The molecule has 0 bridgehead atoms. The average Bonchev–Trinajstić information content (AvgIpc) is 2.67. The molecular weight excluding hydrogens is 292 g/mol. The topological polar surface area (TPSA) is 77.4 Å². The van der Waals surface area contributed by atoms with Gasteiger partial charge in [0, 0.05) is 29.1 Å². The first-order valence-electron chi connectivity index (χ1n) is 7.72. The second-order valence-corrected chi connectivity index (χ2v) is 6.72. The van der Waals surface area contributed by atoms with Crippen LogP contribution in [0.25, 0.3) is 0 Å². The van der Waals surface area contributed by atoms with Crippen molar-refractivity contribution in [3.05, 3.63) is 70.8 Å².